The summed E-state index contributed by atoms with van der Waals surface area (Å²) in [4.78, 5) is 88.6. The van der Waals surface area contributed by atoms with Crippen molar-refractivity contribution in [2.24, 2.45) is 43.3 Å². The number of nitrogens with one attached hydrogen (secondary N) is 7. The highest BCUT2D eigenvalue weighted by atomic mass is 31.1. The highest BCUT2D eigenvalue weighted by Gasteiger charge is 2.32. The second kappa shape index (κ2) is 40.1. The summed E-state index contributed by atoms with van der Waals surface area (Å²) in [6, 6.07) is -0.921. The van der Waals surface area contributed by atoms with Gasteiger partial charge in [-0.15, -0.1) is 8.58 Å². The van der Waals surface area contributed by atoms with Crippen LogP contribution < -0.4 is 37.2 Å². The fourth-order valence-corrected chi connectivity index (χ4v) is 10.1. The Kier molecular flexibility index (Phi) is 38.4. The smallest absolute Gasteiger partial charge is 0.242 e. The fourth-order valence-electron chi connectivity index (χ4n) is 8.78. The van der Waals surface area contributed by atoms with Crippen LogP contribution in [-0.4, -0.2) is 159 Å². The normalized spacial score (nSPS) is 14.2. The minimum absolute atomic E-state index is 0.00801. The quantitative estimate of drug-likeness (QED) is 0.00997. The predicted molar refractivity (Wildman–Crippen MR) is 351 cm³/mol. The average molecular weight is 1220 g/mol. The number of amides is 7. The zero-order chi connectivity index (χ0) is 65.2. The molecule has 0 spiro atoms. The standard InChI is InChI=1S/C65H125BN7O11P/c1-20-21-22-23-24-25-26-27-28-29-50(3)85-47-65(18,19)56(79)68-34-49(2)84-46-64(16,17)38-71-54(77)33-59(6,7)40-81-43-61(10,11)36-69-52(75)31-30-51(73-57(66)80)55(78)72-39-63(14,15)45-82-41-58(4,5)32-53(76)70-37-62(12,13)44-83-42-60(8,9)35-67-48-74/h27-28,48-51,85H,20-26,29-47,66H2,1-19H3,(H,67,74)(H,68,79)(H,69,75)(H,70,76)(H,71,77)(H,72,78)(H,73,80)/b28-27-/t49?,50?,51-/m0/s1. The Morgan fingerprint density at radius 1 is 0.529 bits per heavy atom. The lowest BCUT2D eigenvalue weighted by Crippen LogP contribution is -2.49. The molecule has 0 bridgehead atoms. The maximum Gasteiger partial charge on any atom is 0.242 e. The molecule has 0 heterocycles. The van der Waals surface area contributed by atoms with E-state index in [1.54, 1.807) is 0 Å². The van der Waals surface area contributed by atoms with Gasteiger partial charge in [-0.1, -0.05) is 169 Å². The highest BCUT2D eigenvalue weighted by Crippen LogP contribution is 2.32. The van der Waals surface area contributed by atoms with Crippen molar-refractivity contribution in [3.8, 4) is 0 Å². The van der Waals surface area contributed by atoms with Crippen molar-refractivity contribution < 1.29 is 52.5 Å². The Balaban J connectivity index is 4.75. The van der Waals surface area contributed by atoms with E-state index in [0.717, 1.165) is 19.0 Å². The van der Waals surface area contributed by atoms with Gasteiger partial charge < -0.3 is 56.2 Å². The minimum Gasteiger partial charge on any atom is -0.380 e. The first-order valence-electron chi connectivity index (χ1n) is 31.7. The first-order valence-corrected chi connectivity index (χ1v) is 33.0. The topological polar surface area (TPSA) is 241 Å². The van der Waals surface area contributed by atoms with Gasteiger partial charge in [0.15, 0.2) is 5.81 Å². The van der Waals surface area contributed by atoms with E-state index >= 15 is 0 Å². The highest BCUT2D eigenvalue weighted by molar-refractivity contribution is 7.39. The number of hydrogen-bond acceptors (Lipinski definition) is 11. The van der Waals surface area contributed by atoms with Crippen molar-refractivity contribution in [1.29, 1.82) is 0 Å². The molecule has 0 aliphatic rings. The summed E-state index contributed by atoms with van der Waals surface area (Å²) in [5.74, 6) is -1.19. The number of carbonyl (C=O) groups excluding carboxylic acids is 7. The summed E-state index contributed by atoms with van der Waals surface area (Å²) in [6.45, 7) is 43.4. The van der Waals surface area contributed by atoms with E-state index in [4.69, 9.17) is 18.9 Å². The fraction of sp³-hybridized carbons (Fsp3) is 0.862. The second-order valence-electron chi connectivity index (χ2n) is 30.6. The molecule has 0 aliphatic carbocycles. The van der Waals surface area contributed by atoms with Gasteiger partial charge in [-0.2, -0.15) is 0 Å². The summed E-state index contributed by atoms with van der Waals surface area (Å²) < 4.78 is 24.3. The lowest BCUT2D eigenvalue weighted by molar-refractivity contribution is -0.129. The van der Waals surface area contributed by atoms with Crippen molar-refractivity contribution >= 4 is 58.2 Å². The van der Waals surface area contributed by atoms with E-state index in [-0.39, 0.29) is 84.0 Å². The van der Waals surface area contributed by atoms with Crippen molar-refractivity contribution in [2.45, 2.75) is 226 Å². The van der Waals surface area contributed by atoms with Crippen LogP contribution in [0.3, 0.4) is 0 Å². The number of rotatable bonds is 50. The van der Waals surface area contributed by atoms with Crippen LogP contribution in [-0.2, 0) is 47.7 Å². The van der Waals surface area contributed by atoms with Crippen molar-refractivity contribution in [3.05, 3.63) is 12.2 Å². The molecule has 3 unspecified atom stereocenters. The van der Waals surface area contributed by atoms with Gasteiger partial charge in [-0.25, -0.2) is 0 Å². The Morgan fingerprint density at radius 2 is 0.965 bits per heavy atom. The largest absolute Gasteiger partial charge is 0.380 e. The monoisotopic (exact) mass is 1220 g/mol. The molecule has 4 atom stereocenters. The van der Waals surface area contributed by atoms with E-state index in [1.807, 2.05) is 118 Å². The summed E-state index contributed by atoms with van der Waals surface area (Å²) in [6.07, 6.45) is 16.7. The Labute approximate surface area is 519 Å². The van der Waals surface area contributed by atoms with E-state index < -0.39 is 39.0 Å². The van der Waals surface area contributed by atoms with Crippen LogP contribution in [0.15, 0.2) is 12.2 Å². The van der Waals surface area contributed by atoms with Crippen LogP contribution >= 0.6 is 8.58 Å². The summed E-state index contributed by atoms with van der Waals surface area (Å²) in [7, 11) is 2.04. The number of unbranched alkanes of at least 4 members (excludes halogenated alkanes) is 6. The molecule has 85 heavy (non-hydrogen) atoms. The van der Waals surface area contributed by atoms with Gasteiger partial charge in [0.05, 0.1) is 52.4 Å². The lowest BCUT2D eigenvalue weighted by Gasteiger charge is -2.31. The third-order valence-corrected chi connectivity index (χ3v) is 16.5. The molecular weight excluding hydrogens is 1100 g/mol. The van der Waals surface area contributed by atoms with Gasteiger partial charge in [-0.05, 0) is 55.3 Å². The Morgan fingerprint density at radius 3 is 1.45 bits per heavy atom. The molecule has 20 heteroatoms. The molecule has 0 aliphatic heterocycles. The van der Waals surface area contributed by atoms with Crippen molar-refractivity contribution in [2.75, 3.05) is 91.7 Å². The molecule has 0 saturated heterocycles. The number of allylic oxidation sites excluding steroid dienone is 2. The molecule has 0 radical (unpaired) electrons. The third-order valence-electron chi connectivity index (χ3n) is 14.5. The van der Waals surface area contributed by atoms with Gasteiger partial charge in [0.2, 0.25) is 43.8 Å². The first kappa shape index (κ1) is 81.4. The molecule has 0 aromatic rings. The molecule has 7 N–H and O–H groups in total. The van der Waals surface area contributed by atoms with Crippen molar-refractivity contribution in [1.82, 2.24) is 37.2 Å². The van der Waals surface area contributed by atoms with Gasteiger partial charge in [-0.3, -0.25) is 33.6 Å². The van der Waals surface area contributed by atoms with Gasteiger partial charge in [0.25, 0.3) is 0 Å². The second-order valence-corrected chi connectivity index (χ2v) is 32.3. The molecule has 18 nitrogen and oxygen atoms in total. The molecule has 0 fully saturated rings. The lowest BCUT2D eigenvalue weighted by atomic mass is 9.89. The van der Waals surface area contributed by atoms with Gasteiger partial charge in [0.1, 0.15) is 6.04 Å². The first-order chi connectivity index (χ1) is 39.2. The number of carbonyl (C=O) groups is 7. The SMILES string of the molecule is BC(=O)N[C@@H](CCC(=O)NCC(C)(C)COCC(C)(C)CC(=O)NCC(C)(C)COC(C)CNC(=O)C(C)(C)CPC(C)C/C=C\CCCCCCCC)C(=O)NCC(C)(C)COCC(C)(C)CC(=O)NCC(C)(C)COCC(C)(C)CNC=O. The van der Waals surface area contributed by atoms with Gasteiger partial charge >= 0.3 is 0 Å². The molecule has 494 valence electrons. The Bertz CT molecular complexity index is 2010. The molecular formula is C65H125BN7O11P. The average Bonchev–Trinajstić information content (AvgIpc) is 3.49. The maximum atomic E-state index is 13.4. The zero-order valence-electron chi connectivity index (χ0n) is 57.3. The van der Waals surface area contributed by atoms with E-state index in [1.165, 1.54) is 46.4 Å². The van der Waals surface area contributed by atoms with Crippen molar-refractivity contribution in [3.63, 3.8) is 0 Å². The van der Waals surface area contributed by atoms with Gasteiger partial charge in [0, 0.05) is 91.0 Å². The van der Waals surface area contributed by atoms with Crippen LogP contribution in [0.5, 0.6) is 0 Å². The zero-order valence-corrected chi connectivity index (χ0v) is 58.3. The number of hydrogen-bond donors (Lipinski definition) is 7. The summed E-state index contributed by atoms with van der Waals surface area (Å²) in [5.41, 5.74) is -2.62. The van der Waals surface area contributed by atoms with Crippen LogP contribution in [0.25, 0.3) is 0 Å². The molecule has 0 saturated carbocycles. The van der Waals surface area contributed by atoms with Crippen LogP contribution in [0.4, 0.5) is 4.79 Å². The third kappa shape index (κ3) is 43.6. The summed E-state index contributed by atoms with van der Waals surface area (Å²) >= 11 is 0. The molecule has 0 aromatic heterocycles. The number of ether oxygens (including phenoxy) is 4. The molecule has 0 aromatic carbocycles. The van der Waals surface area contributed by atoms with Crippen LogP contribution in [0.2, 0.25) is 0 Å². The van der Waals surface area contributed by atoms with E-state index in [9.17, 15) is 33.6 Å². The predicted octanol–water partition coefficient (Wildman–Crippen LogP) is 9.01. The van der Waals surface area contributed by atoms with Crippen LogP contribution in [0.1, 0.15) is 209 Å². The van der Waals surface area contributed by atoms with Crippen LogP contribution in [0, 0.1) is 43.3 Å². The molecule has 7 amide bonds. The van der Waals surface area contributed by atoms with E-state index in [2.05, 4.69) is 63.2 Å². The van der Waals surface area contributed by atoms with E-state index in [0.29, 0.717) is 99.6 Å². The molecule has 0 rings (SSSR count). The maximum absolute atomic E-state index is 13.4. The minimum atomic E-state index is -0.921. The Hall–Kier alpha value is -3.64. The summed E-state index contributed by atoms with van der Waals surface area (Å²) in [5, 5.41) is 20.5.